The Labute approximate surface area is 181 Å². The van der Waals surface area contributed by atoms with Crippen LogP contribution in [0.1, 0.15) is 23.7 Å². The highest BCUT2D eigenvalue weighted by Gasteiger charge is 2.26. The monoisotopic (exact) mass is 449 g/mol. The third-order valence-electron chi connectivity index (χ3n) is 5.36. The molecular weight excluding hydrogens is 432 g/mol. The van der Waals surface area contributed by atoms with Crippen LogP contribution >= 0.6 is 23.2 Å². The van der Waals surface area contributed by atoms with Gasteiger partial charge in [0.15, 0.2) is 17.3 Å². The summed E-state index contributed by atoms with van der Waals surface area (Å²) in [6.07, 6.45) is 0.974. The highest BCUT2D eigenvalue weighted by molar-refractivity contribution is 6.36. The topological polar surface area (TPSA) is 92.0 Å². The third kappa shape index (κ3) is 3.57. The van der Waals surface area contributed by atoms with Crippen LogP contribution in [0.2, 0.25) is 10.0 Å². The van der Waals surface area contributed by atoms with E-state index in [9.17, 15) is 4.39 Å². The maximum atomic E-state index is 13.9. The summed E-state index contributed by atoms with van der Waals surface area (Å²) in [4.78, 5) is 6.53. The van der Waals surface area contributed by atoms with Gasteiger partial charge in [-0.05, 0) is 31.2 Å². The molecule has 11 heteroatoms. The van der Waals surface area contributed by atoms with Crippen molar-refractivity contribution in [2.45, 2.75) is 18.9 Å². The van der Waals surface area contributed by atoms with Crippen molar-refractivity contribution in [3.63, 3.8) is 0 Å². The molecule has 4 heterocycles. The number of fused-ring (bicyclic) bond motifs is 1. The molecule has 1 saturated heterocycles. The fourth-order valence-electron chi connectivity index (χ4n) is 3.73. The normalized spacial score (nSPS) is 18.4. The van der Waals surface area contributed by atoms with Gasteiger partial charge in [0.1, 0.15) is 5.82 Å². The van der Waals surface area contributed by atoms with Gasteiger partial charge in [-0.2, -0.15) is 4.98 Å². The molecule has 2 N–H and O–H groups in total. The Kier molecular flexibility index (Phi) is 5.18. The largest absolute Gasteiger partial charge is 0.365 e. The number of nitrogens with one attached hydrogen (secondary N) is 2. The Morgan fingerprint density at radius 1 is 1.23 bits per heavy atom. The van der Waals surface area contributed by atoms with Crippen LogP contribution < -0.4 is 15.5 Å². The zero-order valence-corrected chi connectivity index (χ0v) is 17.3. The quantitative estimate of drug-likeness (QED) is 0.584. The number of aromatic nitrogens is 4. The van der Waals surface area contributed by atoms with Crippen molar-refractivity contribution in [2.75, 3.05) is 36.4 Å². The lowest BCUT2D eigenvalue weighted by atomic mass is 10.1. The van der Waals surface area contributed by atoms with E-state index in [-0.39, 0.29) is 10.9 Å². The fourth-order valence-corrected chi connectivity index (χ4v) is 4.22. The third-order valence-corrected chi connectivity index (χ3v) is 6.13. The fraction of sp³-hybridized carbons (Fsp3) is 0.368. The summed E-state index contributed by atoms with van der Waals surface area (Å²) >= 11 is 12.4. The summed E-state index contributed by atoms with van der Waals surface area (Å²) in [5, 5.41) is 19.6. The summed E-state index contributed by atoms with van der Waals surface area (Å²) in [6, 6.07) is 4.60. The first kappa shape index (κ1) is 19.5. The standard InChI is InChI=1S/C19H18Cl2FN7O/c20-12-1-2-13(22)16(21)11(12)9-29-6-5-24-18-15(29)7-14(26-27-18)19-25-17(28-30-19)10-3-4-23-8-10/h1-2,7,10,23H,3-6,8-9H2,(H,24,27). The average Bonchev–Trinajstić information content (AvgIpc) is 3.45. The molecule has 0 bridgehead atoms. The SMILES string of the molecule is Fc1ccc(Cl)c(CN2CCNc3nnc(-c4nc(C5CCNC5)no4)cc32)c1Cl. The predicted octanol–water partition coefficient (Wildman–Crippen LogP) is 3.48. The van der Waals surface area contributed by atoms with Crippen molar-refractivity contribution in [1.29, 1.82) is 0 Å². The van der Waals surface area contributed by atoms with Gasteiger partial charge in [0, 0.05) is 42.7 Å². The Morgan fingerprint density at radius 3 is 2.97 bits per heavy atom. The number of hydrogen-bond donors (Lipinski definition) is 2. The van der Waals surface area contributed by atoms with Gasteiger partial charge in [0.25, 0.3) is 5.89 Å². The summed E-state index contributed by atoms with van der Waals surface area (Å²) in [7, 11) is 0. The molecule has 8 nitrogen and oxygen atoms in total. The van der Waals surface area contributed by atoms with Gasteiger partial charge in [-0.3, -0.25) is 0 Å². The van der Waals surface area contributed by atoms with Crippen LogP contribution in [0.25, 0.3) is 11.6 Å². The molecule has 2 aromatic heterocycles. The predicted molar refractivity (Wildman–Crippen MR) is 112 cm³/mol. The molecule has 0 saturated carbocycles. The Hall–Kier alpha value is -2.49. The van der Waals surface area contributed by atoms with E-state index in [1.807, 2.05) is 11.0 Å². The summed E-state index contributed by atoms with van der Waals surface area (Å²) < 4.78 is 19.4. The first-order valence-corrected chi connectivity index (χ1v) is 10.4. The van der Waals surface area contributed by atoms with E-state index in [1.165, 1.54) is 12.1 Å². The molecule has 0 aliphatic carbocycles. The lowest BCUT2D eigenvalue weighted by Crippen LogP contribution is -2.34. The minimum absolute atomic E-state index is 0.0246. The van der Waals surface area contributed by atoms with E-state index in [4.69, 9.17) is 27.7 Å². The molecule has 156 valence electrons. The molecule has 1 unspecified atom stereocenters. The number of nitrogens with zero attached hydrogens (tertiary/aromatic N) is 5. The van der Waals surface area contributed by atoms with Crippen molar-refractivity contribution in [2.24, 2.45) is 0 Å². The van der Waals surface area contributed by atoms with Crippen LogP contribution in [0.5, 0.6) is 0 Å². The maximum absolute atomic E-state index is 13.9. The molecule has 3 aromatic rings. The minimum Gasteiger partial charge on any atom is -0.365 e. The highest BCUT2D eigenvalue weighted by Crippen LogP contribution is 2.35. The molecule has 0 spiro atoms. The van der Waals surface area contributed by atoms with Crippen molar-refractivity contribution in [3.8, 4) is 11.6 Å². The maximum Gasteiger partial charge on any atom is 0.278 e. The Balaban J connectivity index is 1.46. The molecule has 1 fully saturated rings. The van der Waals surface area contributed by atoms with E-state index in [2.05, 4.69) is 31.0 Å². The van der Waals surface area contributed by atoms with E-state index in [1.54, 1.807) is 0 Å². The average molecular weight is 450 g/mol. The summed E-state index contributed by atoms with van der Waals surface area (Å²) in [5.41, 5.74) is 1.78. The van der Waals surface area contributed by atoms with Gasteiger partial charge < -0.3 is 20.1 Å². The number of rotatable bonds is 4. The zero-order valence-electron chi connectivity index (χ0n) is 15.8. The smallest absolute Gasteiger partial charge is 0.278 e. The second-order valence-corrected chi connectivity index (χ2v) is 8.07. The molecule has 30 heavy (non-hydrogen) atoms. The van der Waals surface area contributed by atoms with Crippen LogP contribution in [-0.4, -0.2) is 46.5 Å². The lowest BCUT2D eigenvalue weighted by Gasteiger charge is -2.31. The molecule has 2 aliphatic heterocycles. The van der Waals surface area contributed by atoms with Gasteiger partial charge in [-0.1, -0.05) is 28.4 Å². The van der Waals surface area contributed by atoms with Gasteiger partial charge in [-0.15, -0.1) is 10.2 Å². The minimum atomic E-state index is -0.500. The first-order valence-electron chi connectivity index (χ1n) is 9.64. The van der Waals surface area contributed by atoms with E-state index in [0.717, 1.165) is 25.2 Å². The van der Waals surface area contributed by atoms with Gasteiger partial charge >= 0.3 is 0 Å². The van der Waals surface area contributed by atoms with Crippen LogP contribution in [0.15, 0.2) is 22.7 Å². The Morgan fingerprint density at radius 2 is 2.13 bits per heavy atom. The zero-order chi connectivity index (χ0) is 20.7. The van der Waals surface area contributed by atoms with Crippen LogP contribution in [-0.2, 0) is 6.54 Å². The van der Waals surface area contributed by atoms with Gasteiger partial charge in [0.2, 0.25) is 0 Å². The van der Waals surface area contributed by atoms with E-state index in [0.29, 0.717) is 53.4 Å². The second kappa shape index (κ2) is 7.98. The van der Waals surface area contributed by atoms with Crippen molar-refractivity contribution in [1.82, 2.24) is 25.7 Å². The van der Waals surface area contributed by atoms with Crippen LogP contribution in [0.4, 0.5) is 15.9 Å². The highest BCUT2D eigenvalue weighted by atomic mass is 35.5. The number of hydrogen-bond acceptors (Lipinski definition) is 8. The molecule has 1 aromatic carbocycles. The summed E-state index contributed by atoms with van der Waals surface area (Å²) in [5.74, 6) is 1.35. The van der Waals surface area contributed by atoms with E-state index < -0.39 is 5.82 Å². The van der Waals surface area contributed by atoms with Crippen molar-refractivity contribution < 1.29 is 8.91 Å². The first-order chi connectivity index (χ1) is 14.6. The molecule has 0 radical (unpaired) electrons. The number of benzene rings is 1. The Bertz CT molecular complexity index is 1090. The van der Waals surface area contributed by atoms with Gasteiger partial charge in [-0.25, -0.2) is 4.39 Å². The number of halogens is 3. The van der Waals surface area contributed by atoms with Crippen LogP contribution in [0.3, 0.4) is 0 Å². The van der Waals surface area contributed by atoms with Crippen molar-refractivity contribution in [3.05, 3.63) is 45.4 Å². The van der Waals surface area contributed by atoms with Crippen LogP contribution in [0, 0.1) is 5.82 Å². The van der Waals surface area contributed by atoms with Crippen molar-refractivity contribution >= 4 is 34.7 Å². The van der Waals surface area contributed by atoms with Gasteiger partial charge in [0.05, 0.1) is 10.7 Å². The second-order valence-electron chi connectivity index (χ2n) is 7.28. The summed E-state index contributed by atoms with van der Waals surface area (Å²) in [6.45, 7) is 3.42. The molecule has 5 rings (SSSR count). The lowest BCUT2D eigenvalue weighted by molar-refractivity contribution is 0.415. The molecular formula is C19H18Cl2FN7O. The van der Waals surface area contributed by atoms with E-state index >= 15 is 0 Å². The molecule has 0 amide bonds. The molecule has 1 atom stereocenters. The number of anilines is 2. The molecule has 2 aliphatic rings.